The van der Waals surface area contributed by atoms with Gasteiger partial charge in [0.15, 0.2) is 0 Å². The summed E-state index contributed by atoms with van der Waals surface area (Å²) < 4.78 is 1.29. The maximum absolute atomic E-state index is 7.36. The summed E-state index contributed by atoms with van der Waals surface area (Å²) in [5.74, 6) is 0.263. The Kier molecular flexibility index (Phi) is 4.66. The lowest BCUT2D eigenvalue weighted by Gasteiger charge is -2.01. The number of aryl methyl sites for hydroxylation is 1. The van der Waals surface area contributed by atoms with Gasteiger partial charge in [-0.3, -0.25) is 10.8 Å². The van der Waals surface area contributed by atoms with Crippen LogP contribution in [0.3, 0.4) is 0 Å². The van der Waals surface area contributed by atoms with E-state index in [1.54, 1.807) is 19.1 Å². The SMILES string of the molecule is CC.CC(=N)n1nc(C)ccc1=N. The molecule has 2 N–H and O–H groups in total. The highest BCUT2D eigenvalue weighted by Gasteiger charge is 1.94. The van der Waals surface area contributed by atoms with Crippen molar-refractivity contribution >= 4 is 5.84 Å². The molecule has 0 saturated heterocycles. The van der Waals surface area contributed by atoms with Crippen LogP contribution in [-0.2, 0) is 0 Å². The first kappa shape index (κ1) is 11.6. The van der Waals surface area contributed by atoms with Crippen molar-refractivity contribution in [1.29, 1.82) is 10.8 Å². The summed E-state index contributed by atoms with van der Waals surface area (Å²) in [7, 11) is 0. The van der Waals surface area contributed by atoms with Crippen LogP contribution in [0.25, 0.3) is 0 Å². The van der Waals surface area contributed by atoms with Crippen molar-refractivity contribution < 1.29 is 0 Å². The first-order valence-corrected chi connectivity index (χ1v) is 4.28. The van der Waals surface area contributed by atoms with E-state index in [-0.39, 0.29) is 11.3 Å². The van der Waals surface area contributed by atoms with Gasteiger partial charge in [0.1, 0.15) is 11.3 Å². The van der Waals surface area contributed by atoms with Crippen LogP contribution in [0.2, 0.25) is 0 Å². The molecule has 0 aliphatic carbocycles. The molecule has 4 nitrogen and oxygen atoms in total. The van der Waals surface area contributed by atoms with Gasteiger partial charge in [-0.2, -0.15) is 5.10 Å². The first-order valence-electron chi connectivity index (χ1n) is 4.28. The zero-order valence-electron chi connectivity index (χ0n) is 8.55. The molecule has 0 unspecified atom stereocenters. The van der Waals surface area contributed by atoms with Crippen molar-refractivity contribution in [2.45, 2.75) is 27.7 Å². The Hall–Kier alpha value is -1.45. The summed E-state index contributed by atoms with van der Waals surface area (Å²) in [4.78, 5) is 0. The smallest absolute Gasteiger partial charge is 0.148 e. The molecule has 72 valence electrons. The van der Waals surface area contributed by atoms with Crippen LogP contribution in [0.15, 0.2) is 12.1 Å². The standard InChI is InChI=1S/C7H10N4.C2H6/c1-5-3-4-7(9)11(10-5)6(2)8;1-2/h3-4,8-9H,1-2H3;1-2H3. The topological polar surface area (TPSA) is 65.5 Å². The zero-order chi connectivity index (χ0) is 10.4. The molecule has 0 spiro atoms. The van der Waals surface area contributed by atoms with Gasteiger partial charge in [0.25, 0.3) is 0 Å². The molecule has 13 heavy (non-hydrogen) atoms. The van der Waals surface area contributed by atoms with Gasteiger partial charge in [-0.05, 0) is 26.0 Å². The molecule has 0 bridgehead atoms. The molecule has 1 aromatic heterocycles. The van der Waals surface area contributed by atoms with Crippen molar-refractivity contribution in [3.63, 3.8) is 0 Å². The minimum Gasteiger partial charge on any atom is -0.287 e. The van der Waals surface area contributed by atoms with E-state index >= 15 is 0 Å². The van der Waals surface area contributed by atoms with Gasteiger partial charge in [0, 0.05) is 0 Å². The Bertz CT molecular complexity index is 338. The summed E-state index contributed by atoms with van der Waals surface area (Å²) in [6.45, 7) is 7.43. The fourth-order valence-corrected chi connectivity index (χ4v) is 0.771. The average Bonchev–Trinajstić information content (AvgIpc) is 2.12. The molecule has 0 aliphatic rings. The second kappa shape index (κ2) is 5.24. The third kappa shape index (κ3) is 3.19. The Morgan fingerprint density at radius 1 is 1.38 bits per heavy atom. The van der Waals surface area contributed by atoms with Crippen LogP contribution in [0.4, 0.5) is 0 Å². The van der Waals surface area contributed by atoms with E-state index in [1.165, 1.54) is 4.68 Å². The molecule has 1 rings (SSSR count). The number of nitrogens with zero attached hydrogens (tertiary/aromatic N) is 2. The second-order valence-corrected chi connectivity index (χ2v) is 2.36. The molecular formula is C9H16N4. The zero-order valence-corrected chi connectivity index (χ0v) is 8.55. The number of aromatic nitrogens is 2. The summed E-state index contributed by atoms with van der Waals surface area (Å²) in [6, 6.07) is 3.38. The van der Waals surface area contributed by atoms with Gasteiger partial charge in [0.2, 0.25) is 0 Å². The second-order valence-electron chi connectivity index (χ2n) is 2.36. The normalized spacial score (nSPS) is 8.62. The Morgan fingerprint density at radius 3 is 2.31 bits per heavy atom. The van der Waals surface area contributed by atoms with Crippen LogP contribution >= 0.6 is 0 Å². The molecule has 0 atom stereocenters. The Labute approximate surface area is 78.3 Å². The van der Waals surface area contributed by atoms with E-state index < -0.39 is 0 Å². The lowest BCUT2D eigenvalue weighted by molar-refractivity contribution is 0.785. The molecule has 0 radical (unpaired) electrons. The van der Waals surface area contributed by atoms with Crippen molar-refractivity contribution in [1.82, 2.24) is 9.78 Å². The number of hydrogen-bond donors (Lipinski definition) is 2. The Balaban J connectivity index is 0.000000671. The van der Waals surface area contributed by atoms with E-state index in [0.29, 0.717) is 0 Å². The molecule has 0 aromatic carbocycles. The van der Waals surface area contributed by atoms with Crippen molar-refractivity contribution in [3.05, 3.63) is 23.3 Å². The van der Waals surface area contributed by atoms with E-state index in [0.717, 1.165) is 5.69 Å². The number of nitrogens with one attached hydrogen (secondary N) is 2. The van der Waals surface area contributed by atoms with Crippen LogP contribution < -0.4 is 5.49 Å². The largest absolute Gasteiger partial charge is 0.287 e. The highest BCUT2D eigenvalue weighted by atomic mass is 15.3. The molecule has 4 heteroatoms. The molecule has 1 aromatic rings. The predicted octanol–water partition coefficient (Wildman–Crippen LogP) is 1.54. The number of rotatable bonds is 0. The first-order chi connectivity index (χ1) is 6.11. The predicted molar refractivity (Wildman–Crippen MR) is 53.0 cm³/mol. The van der Waals surface area contributed by atoms with Gasteiger partial charge in [-0.15, -0.1) is 0 Å². The van der Waals surface area contributed by atoms with Crippen LogP contribution in [0.1, 0.15) is 26.5 Å². The summed E-state index contributed by atoms with van der Waals surface area (Å²) >= 11 is 0. The van der Waals surface area contributed by atoms with Crippen molar-refractivity contribution in [2.75, 3.05) is 0 Å². The minimum atomic E-state index is 0.239. The fraction of sp³-hybridized carbons (Fsp3) is 0.444. The minimum absolute atomic E-state index is 0.239. The monoisotopic (exact) mass is 180 g/mol. The van der Waals surface area contributed by atoms with E-state index in [2.05, 4.69) is 5.10 Å². The highest BCUT2D eigenvalue weighted by molar-refractivity contribution is 5.77. The van der Waals surface area contributed by atoms with Crippen LogP contribution in [0.5, 0.6) is 0 Å². The van der Waals surface area contributed by atoms with Crippen LogP contribution in [-0.4, -0.2) is 15.6 Å². The molecule has 0 amide bonds. The van der Waals surface area contributed by atoms with E-state index in [9.17, 15) is 0 Å². The lowest BCUT2D eigenvalue weighted by atomic mass is 10.4. The Morgan fingerprint density at radius 2 is 1.92 bits per heavy atom. The molecule has 0 aliphatic heterocycles. The average molecular weight is 180 g/mol. The van der Waals surface area contributed by atoms with Gasteiger partial charge in [-0.25, -0.2) is 4.68 Å². The van der Waals surface area contributed by atoms with Crippen molar-refractivity contribution in [2.24, 2.45) is 0 Å². The van der Waals surface area contributed by atoms with Gasteiger partial charge >= 0.3 is 0 Å². The fourth-order valence-electron chi connectivity index (χ4n) is 0.771. The van der Waals surface area contributed by atoms with Crippen LogP contribution in [0, 0.1) is 17.7 Å². The summed E-state index contributed by atoms with van der Waals surface area (Å²) in [5.41, 5.74) is 1.05. The van der Waals surface area contributed by atoms with E-state index in [1.807, 2.05) is 20.8 Å². The molecule has 0 saturated carbocycles. The molecular weight excluding hydrogens is 164 g/mol. The van der Waals surface area contributed by atoms with Gasteiger partial charge < -0.3 is 0 Å². The highest BCUT2D eigenvalue weighted by Crippen LogP contribution is 1.84. The van der Waals surface area contributed by atoms with Gasteiger partial charge in [0.05, 0.1) is 5.69 Å². The van der Waals surface area contributed by atoms with E-state index in [4.69, 9.17) is 10.8 Å². The quantitative estimate of drug-likeness (QED) is 0.461. The molecule has 0 fully saturated rings. The lowest BCUT2D eigenvalue weighted by Crippen LogP contribution is -2.27. The summed E-state index contributed by atoms with van der Waals surface area (Å²) in [6.07, 6.45) is 0. The number of hydrogen-bond acceptors (Lipinski definition) is 3. The maximum atomic E-state index is 7.36. The molecule has 1 heterocycles. The third-order valence-electron chi connectivity index (χ3n) is 1.29. The summed E-state index contributed by atoms with van der Waals surface area (Å²) in [5, 5.41) is 18.6. The van der Waals surface area contributed by atoms with Gasteiger partial charge in [-0.1, -0.05) is 13.8 Å². The van der Waals surface area contributed by atoms with Crippen molar-refractivity contribution in [3.8, 4) is 0 Å². The maximum Gasteiger partial charge on any atom is 0.148 e. The third-order valence-corrected chi connectivity index (χ3v) is 1.29.